The number of thiazole rings is 1. The second-order valence-corrected chi connectivity index (χ2v) is 5.84. The Morgan fingerprint density at radius 3 is 2.68 bits per heavy atom. The van der Waals surface area contributed by atoms with Gasteiger partial charge in [-0.25, -0.2) is 4.98 Å². The van der Waals surface area contributed by atoms with E-state index in [-0.39, 0.29) is 0 Å². The van der Waals surface area contributed by atoms with E-state index in [1.807, 2.05) is 61.3 Å². The first kappa shape index (κ1) is 14.5. The van der Waals surface area contributed by atoms with Gasteiger partial charge in [0.2, 0.25) is 5.13 Å². The predicted molar refractivity (Wildman–Crippen MR) is 91.4 cm³/mol. The highest BCUT2D eigenvalue weighted by Crippen LogP contribution is 2.24. The van der Waals surface area contributed by atoms with Crippen LogP contribution in [-0.2, 0) is 7.05 Å². The minimum atomic E-state index is 0.772. The maximum absolute atomic E-state index is 4.53. The highest BCUT2D eigenvalue weighted by molar-refractivity contribution is 7.14. The SMILES string of the molecule is Cc1nn(C)c(C)c1/C=N\Nc1nc(-c2ccccc2)cs1. The Balaban J connectivity index is 1.72. The molecule has 0 bridgehead atoms. The summed E-state index contributed by atoms with van der Waals surface area (Å²) in [6.45, 7) is 4.00. The van der Waals surface area contributed by atoms with Crippen molar-refractivity contribution in [2.45, 2.75) is 13.8 Å². The minimum absolute atomic E-state index is 0.772. The molecule has 0 unspecified atom stereocenters. The van der Waals surface area contributed by atoms with Gasteiger partial charge in [0.15, 0.2) is 0 Å². The van der Waals surface area contributed by atoms with Crippen molar-refractivity contribution >= 4 is 22.7 Å². The van der Waals surface area contributed by atoms with Gasteiger partial charge in [-0.05, 0) is 13.8 Å². The van der Waals surface area contributed by atoms with E-state index in [1.54, 1.807) is 6.21 Å². The van der Waals surface area contributed by atoms with Crippen LogP contribution >= 0.6 is 11.3 Å². The van der Waals surface area contributed by atoms with Crippen molar-refractivity contribution < 1.29 is 0 Å². The van der Waals surface area contributed by atoms with Gasteiger partial charge in [0.1, 0.15) is 0 Å². The molecule has 0 aliphatic rings. The summed E-state index contributed by atoms with van der Waals surface area (Å²) >= 11 is 1.54. The number of hydrazone groups is 1. The molecule has 0 amide bonds. The van der Waals surface area contributed by atoms with Crippen molar-refractivity contribution in [2.75, 3.05) is 5.43 Å². The van der Waals surface area contributed by atoms with Gasteiger partial charge in [-0.3, -0.25) is 10.1 Å². The summed E-state index contributed by atoms with van der Waals surface area (Å²) in [4.78, 5) is 4.53. The molecule has 112 valence electrons. The Hall–Kier alpha value is -2.47. The quantitative estimate of drug-likeness (QED) is 0.591. The Labute approximate surface area is 133 Å². The van der Waals surface area contributed by atoms with Crippen molar-refractivity contribution in [1.82, 2.24) is 14.8 Å². The lowest BCUT2D eigenvalue weighted by Gasteiger charge is -1.96. The number of rotatable bonds is 4. The van der Waals surface area contributed by atoms with Crippen molar-refractivity contribution in [3.63, 3.8) is 0 Å². The molecule has 0 spiro atoms. The van der Waals surface area contributed by atoms with E-state index >= 15 is 0 Å². The largest absolute Gasteiger partial charge is 0.272 e. The van der Waals surface area contributed by atoms with Crippen LogP contribution in [0.1, 0.15) is 17.0 Å². The topological polar surface area (TPSA) is 55.1 Å². The number of hydrogen-bond donors (Lipinski definition) is 1. The molecule has 0 aliphatic carbocycles. The average Bonchev–Trinajstić information content (AvgIpc) is 3.08. The van der Waals surface area contributed by atoms with Gasteiger partial charge in [-0.2, -0.15) is 10.2 Å². The van der Waals surface area contributed by atoms with E-state index in [0.717, 1.165) is 33.3 Å². The van der Waals surface area contributed by atoms with Gasteiger partial charge < -0.3 is 0 Å². The van der Waals surface area contributed by atoms with E-state index < -0.39 is 0 Å². The van der Waals surface area contributed by atoms with E-state index in [1.165, 1.54) is 11.3 Å². The molecule has 0 atom stereocenters. The van der Waals surface area contributed by atoms with Gasteiger partial charge >= 0.3 is 0 Å². The summed E-state index contributed by atoms with van der Waals surface area (Å²) in [5.74, 6) is 0. The summed E-state index contributed by atoms with van der Waals surface area (Å²) in [6, 6.07) is 10.1. The van der Waals surface area contributed by atoms with E-state index in [4.69, 9.17) is 0 Å². The number of aromatic nitrogens is 3. The summed E-state index contributed by atoms with van der Waals surface area (Å²) in [5.41, 5.74) is 8.14. The molecule has 0 radical (unpaired) electrons. The smallest absolute Gasteiger partial charge is 0.203 e. The van der Waals surface area contributed by atoms with Crippen LogP contribution in [0.3, 0.4) is 0 Å². The lowest BCUT2D eigenvalue weighted by molar-refractivity contribution is 0.731. The molecule has 0 saturated carbocycles. The second-order valence-electron chi connectivity index (χ2n) is 4.98. The van der Waals surface area contributed by atoms with E-state index in [0.29, 0.717) is 0 Å². The fourth-order valence-electron chi connectivity index (χ4n) is 2.20. The van der Waals surface area contributed by atoms with Gasteiger partial charge in [0.25, 0.3) is 0 Å². The van der Waals surface area contributed by atoms with Crippen LogP contribution in [0, 0.1) is 13.8 Å². The molecule has 22 heavy (non-hydrogen) atoms. The van der Waals surface area contributed by atoms with Crippen molar-refractivity contribution in [3.8, 4) is 11.3 Å². The number of aryl methyl sites for hydroxylation is 2. The maximum atomic E-state index is 4.53. The molecule has 0 saturated heterocycles. The van der Waals surface area contributed by atoms with Crippen molar-refractivity contribution in [2.24, 2.45) is 12.1 Å². The fourth-order valence-corrected chi connectivity index (χ4v) is 2.86. The van der Waals surface area contributed by atoms with E-state index in [9.17, 15) is 0 Å². The molecule has 0 fully saturated rings. The third-order valence-electron chi connectivity index (χ3n) is 3.49. The molecule has 2 aromatic heterocycles. The molecule has 3 aromatic rings. The van der Waals surface area contributed by atoms with Crippen LogP contribution in [-0.4, -0.2) is 21.0 Å². The van der Waals surface area contributed by atoms with E-state index in [2.05, 4.69) is 20.6 Å². The summed E-state index contributed by atoms with van der Waals surface area (Å²) in [6.07, 6.45) is 1.79. The Bertz CT molecular complexity index is 801. The lowest BCUT2D eigenvalue weighted by atomic mass is 10.2. The van der Waals surface area contributed by atoms with Crippen LogP contribution in [0.5, 0.6) is 0 Å². The molecule has 0 aliphatic heterocycles. The monoisotopic (exact) mass is 311 g/mol. The molecule has 6 heteroatoms. The second kappa shape index (κ2) is 6.11. The van der Waals surface area contributed by atoms with Crippen molar-refractivity contribution in [1.29, 1.82) is 0 Å². The Morgan fingerprint density at radius 1 is 1.23 bits per heavy atom. The fraction of sp³-hybridized carbons (Fsp3) is 0.188. The molecular weight excluding hydrogens is 294 g/mol. The molecular formula is C16H17N5S. The van der Waals surface area contributed by atoms with Crippen LogP contribution in [0.4, 0.5) is 5.13 Å². The minimum Gasteiger partial charge on any atom is -0.272 e. The summed E-state index contributed by atoms with van der Waals surface area (Å²) < 4.78 is 1.85. The first-order chi connectivity index (χ1) is 10.6. The molecule has 1 N–H and O–H groups in total. The van der Waals surface area contributed by atoms with Gasteiger partial charge in [-0.15, -0.1) is 11.3 Å². The van der Waals surface area contributed by atoms with Crippen LogP contribution in [0.25, 0.3) is 11.3 Å². The Kier molecular flexibility index (Phi) is 4.02. The lowest BCUT2D eigenvalue weighted by Crippen LogP contribution is -1.95. The normalized spacial score (nSPS) is 11.2. The van der Waals surface area contributed by atoms with Crippen LogP contribution in [0.15, 0.2) is 40.8 Å². The van der Waals surface area contributed by atoms with Gasteiger partial charge in [-0.1, -0.05) is 30.3 Å². The number of nitrogens with zero attached hydrogens (tertiary/aromatic N) is 4. The third kappa shape index (κ3) is 2.92. The molecule has 2 heterocycles. The van der Waals surface area contributed by atoms with Crippen LogP contribution in [0.2, 0.25) is 0 Å². The highest BCUT2D eigenvalue weighted by Gasteiger charge is 2.07. The zero-order valence-corrected chi connectivity index (χ0v) is 13.6. The predicted octanol–water partition coefficient (Wildman–Crippen LogP) is 3.61. The first-order valence-corrected chi connectivity index (χ1v) is 7.83. The number of benzene rings is 1. The number of hydrogen-bond acceptors (Lipinski definition) is 5. The van der Waals surface area contributed by atoms with Gasteiger partial charge in [0.05, 0.1) is 17.6 Å². The number of nitrogens with one attached hydrogen (secondary N) is 1. The molecule has 5 nitrogen and oxygen atoms in total. The maximum Gasteiger partial charge on any atom is 0.203 e. The standard InChI is InChI=1S/C16H17N5S/c1-11-14(12(2)21(3)20-11)9-17-19-16-18-15(10-22-16)13-7-5-4-6-8-13/h4-10H,1-3H3,(H,18,19)/b17-9-. The molecule has 1 aromatic carbocycles. The first-order valence-electron chi connectivity index (χ1n) is 6.95. The molecule has 3 rings (SSSR count). The van der Waals surface area contributed by atoms with Crippen molar-refractivity contribution in [3.05, 3.63) is 52.7 Å². The Morgan fingerprint density at radius 2 is 2.00 bits per heavy atom. The summed E-state index contributed by atoms with van der Waals surface area (Å²) in [7, 11) is 1.93. The van der Waals surface area contributed by atoms with Crippen LogP contribution < -0.4 is 5.43 Å². The third-order valence-corrected chi connectivity index (χ3v) is 4.24. The van der Waals surface area contributed by atoms with Gasteiger partial charge in [0, 0.05) is 29.2 Å². The summed E-state index contributed by atoms with van der Waals surface area (Å²) in [5, 5.41) is 11.4. The zero-order valence-electron chi connectivity index (χ0n) is 12.7. The zero-order chi connectivity index (χ0) is 15.5. The highest BCUT2D eigenvalue weighted by atomic mass is 32.1. The average molecular weight is 311 g/mol. The number of anilines is 1.